The molecule has 25 heavy (non-hydrogen) atoms. The molecule has 5 nitrogen and oxygen atoms in total. The molecule has 0 aliphatic heterocycles. The van der Waals surface area contributed by atoms with Gasteiger partial charge in [0.15, 0.2) is 5.78 Å². The summed E-state index contributed by atoms with van der Waals surface area (Å²) in [7, 11) is 0. The highest BCUT2D eigenvalue weighted by atomic mass is 16.3. The van der Waals surface area contributed by atoms with Crippen LogP contribution < -0.4 is 0 Å². The zero-order chi connectivity index (χ0) is 18.6. The molecule has 2 N–H and O–H groups in total. The molecule has 0 amide bonds. The number of aldehydes is 1. The highest BCUT2D eigenvalue weighted by Crippen LogP contribution is 2.61. The molecule has 0 unspecified atom stereocenters. The first kappa shape index (κ1) is 18.2. The Hall–Kier alpha value is -1.55. The van der Waals surface area contributed by atoms with Gasteiger partial charge in [-0.3, -0.25) is 4.79 Å². The van der Waals surface area contributed by atoms with Crippen molar-refractivity contribution in [2.45, 2.75) is 58.7 Å². The average molecular weight is 346 g/mol. The van der Waals surface area contributed by atoms with Crippen molar-refractivity contribution in [3.05, 3.63) is 17.2 Å². The van der Waals surface area contributed by atoms with Crippen LogP contribution in [0.1, 0.15) is 46.5 Å². The minimum atomic E-state index is -1.31. The Balaban J connectivity index is 2.18. The second-order valence-corrected chi connectivity index (χ2v) is 8.59. The van der Waals surface area contributed by atoms with Crippen molar-refractivity contribution >= 4 is 18.0 Å². The van der Waals surface area contributed by atoms with Gasteiger partial charge < -0.3 is 15.0 Å². The van der Waals surface area contributed by atoms with Gasteiger partial charge in [0.1, 0.15) is 18.3 Å². The number of aliphatic hydroxyl groups is 2. The Morgan fingerprint density at radius 3 is 2.56 bits per heavy atom. The molecule has 0 aromatic heterocycles. The van der Waals surface area contributed by atoms with Crippen LogP contribution in [0.5, 0.6) is 0 Å². The number of carbonyl (C=O) groups is 2. The Bertz CT molecular complexity index is 684. The highest BCUT2D eigenvalue weighted by molar-refractivity contribution is 6.02. The first-order valence-corrected chi connectivity index (χ1v) is 9.00. The molecule has 136 valence electrons. The maximum atomic E-state index is 12.9. The van der Waals surface area contributed by atoms with Crippen LogP contribution in [0.4, 0.5) is 0 Å². The molecule has 0 aromatic carbocycles. The lowest BCUT2D eigenvalue weighted by Crippen LogP contribution is -2.66. The van der Waals surface area contributed by atoms with Gasteiger partial charge in [0.05, 0.1) is 11.5 Å². The van der Waals surface area contributed by atoms with E-state index >= 15 is 0 Å². The summed E-state index contributed by atoms with van der Waals surface area (Å²) in [6, 6.07) is 0. The van der Waals surface area contributed by atoms with Crippen molar-refractivity contribution in [1.29, 1.82) is 0 Å². The summed E-state index contributed by atoms with van der Waals surface area (Å²) in [5.41, 5.74) is -0.653. The number of allylic oxidation sites excluding steroid dienone is 2. The standard InChI is InChI=1S/C20H26O5/c1-11(9-21)12-4-5-14-13(8-12)16(24)17(25)18-19(2,3)7-6-15(23)20(14,18)10-22/h8,10,12,14-15,17-18,23,25H,4-7H2,1-3H3/t12-,14-,15+,17-,18+,20+/m1/s1. The second-order valence-electron chi connectivity index (χ2n) is 8.59. The normalized spacial score (nSPS) is 42.5. The molecule has 3 rings (SSSR count). The number of carbonyl (C=O) groups excluding carboxylic acids is 3. The number of fused-ring (bicyclic) bond motifs is 3. The Labute approximate surface area is 147 Å². The van der Waals surface area contributed by atoms with Crippen LogP contribution in [-0.4, -0.2) is 40.4 Å². The van der Waals surface area contributed by atoms with Crippen molar-refractivity contribution in [3.8, 4) is 0 Å². The van der Waals surface area contributed by atoms with Crippen LogP contribution >= 0.6 is 0 Å². The third kappa shape index (κ3) is 2.41. The quantitative estimate of drug-likeness (QED) is 0.586. The average Bonchev–Trinajstić information content (AvgIpc) is 2.60. The molecule has 0 radical (unpaired) electrons. The summed E-state index contributed by atoms with van der Waals surface area (Å²) in [6.45, 7) is 5.59. The first-order valence-electron chi connectivity index (χ1n) is 9.00. The Morgan fingerprint density at radius 2 is 1.96 bits per heavy atom. The molecule has 0 heterocycles. The maximum Gasteiger partial charge on any atom is 0.187 e. The molecular weight excluding hydrogens is 320 g/mol. The lowest BCUT2D eigenvalue weighted by Gasteiger charge is -2.60. The van der Waals surface area contributed by atoms with E-state index in [2.05, 4.69) is 0 Å². The number of hydrogen-bond donors (Lipinski definition) is 2. The minimum Gasteiger partial charge on any atom is -0.392 e. The van der Waals surface area contributed by atoms with Crippen molar-refractivity contribution < 1.29 is 24.6 Å². The lowest BCUT2D eigenvalue weighted by atomic mass is 9.44. The SMILES string of the molecule is CC(=C=O)[C@H]1C=C2C(=O)[C@@H](O)[C@H]3C(C)(C)CC[C@H](O)[C@]3(C=O)[C@@H]2CC1. The third-order valence-corrected chi connectivity index (χ3v) is 6.94. The van der Waals surface area contributed by atoms with Gasteiger partial charge in [-0.15, -0.1) is 0 Å². The number of aliphatic hydroxyl groups excluding tert-OH is 2. The van der Waals surface area contributed by atoms with Gasteiger partial charge in [0.25, 0.3) is 0 Å². The second kappa shape index (κ2) is 6.01. The van der Waals surface area contributed by atoms with E-state index in [1.165, 1.54) is 0 Å². The molecule has 0 saturated heterocycles. The van der Waals surface area contributed by atoms with Crippen LogP contribution in [0.2, 0.25) is 0 Å². The fourth-order valence-electron chi connectivity index (χ4n) is 5.61. The molecule has 2 saturated carbocycles. The fourth-order valence-corrected chi connectivity index (χ4v) is 5.61. The zero-order valence-electron chi connectivity index (χ0n) is 15.0. The molecule has 6 atom stereocenters. The summed E-state index contributed by atoms with van der Waals surface area (Å²) in [6.07, 6.45) is 2.62. The number of hydrogen-bond acceptors (Lipinski definition) is 5. The van der Waals surface area contributed by atoms with Gasteiger partial charge in [-0.1, -0.05) is 19.9 Å². The van der Waals surface area contributed by atoms with Crippen LogP contribution in [0.3, 0.4) is 0 Å². The highest BCUT2D eigenvalue weighted by Gasteiger charge is 2.66. The predicted octanol–water partition coefficient (Wildman–Crippen LogP) is 1.64. The molecule has 0 bridgehead atoms. The van der Waals surface area contributed by atoms with Gasteiger partial charge in [-0.25, -0.2) is 4.79 Å². The van der Waals surface area contributed by atoms with Crippen LogP contribution in [0, 0.1) is 28.6 Å². The molecule has 0 spiro atoms. The molecule has 0 aromatic rings. The van der Waals surface area contributed by atoms with E-state index in [0.717, 1.165) is 6.29 Å². The third-order valence-electron chi connectivity index (χ3n) is 6.94. The van der Waals surface area contributed by atoms with Crippen molar-refractivity contribution in [2.24, 2.45) is 28.6 Å². The van der Waals surface area contributed by atoms with Crippen LogP contribution in [0.15, 0.2) is 17.2 Å². The number of rotatable bonds is 2. The first-order chi connectivity index (χ1) is 11.7. The van der Waals surface area contributed by atoms with Gasteiger partial charge in [-0.2, -0.15) is 0 Å². The van der Waals surface area contributed by atoms with Crippen molar-refractivity contribution in [3.63, 3.8) is 0 Å². The van der Waals surface area contributed by atoms with Gasteiger partial charge in [0.2, 0.25) is 0 Å². The van der Waals surface area contributed by atoms with E-state index in [0.29, 0.717) is 36.8 Å². The smallest absolute Gasteiger partial charge is 0.187 e. The minimum absolute atomic E-state index is 0.200. The van der Waals surface area contributed by atoms with E-state index < -0.39 is 34.9 Å². The van der Waals surface area contributed by atoms with Gasteiger partial charge in [-0.05, 0) is 43.6 Å². The Kier molecular flexibility index (Phi) is 4.39. The van der Waals surface area contributed by atoms with E-state index in [1.807, 2.05) is 19.8 Å². The predicted molar refractivity (Wildman–Crippen MR) is 91.2 cm³/mol. The number of Topliss-reactive ketones (excluding diaryl/α,β-unsaturated/α-hetero) is 1. The molecule has 5 heteroatoms. The van der Waals surface area contributed by atoms with Gasteiger partial charge >= 0.3 is 0 Å². The van der Waals surface area contributed by atoms with E-state index in [1.54, 1.807) is 13.0 Å². The molecule has 3 aliphatic carbocycles. The summed E-state index contributed by atoms with van der Waals surface area (Å²) in [4.78, 5) is 36.2. The summed E-state index contributed by atoms with van der Waals surface area (Å²) >= 11 is 0. The van der Waals surface area contributed by atoms with Crippen LogP contribution in [-0.2, 0) is 14.4 Å². The summed E-state index contributed by atoms with van der Waals surface area (Å²) in [5, 5.41) is 21.6. The summed E-state index contributed by atoms with van der Waals surface area (Å²) in [5.74, 6) is 0.316. The van der Waals surface area contributed by atoms with E-state index in [-0.39, 0.29) is 11.7 Å². The largest absolute Gasteiger partial charge is 0.392 e. The van der Waals surface area contributed by atoms with Crippen LogP contribution in [0.25, 0.3) is 0 Å². The molecular formula is C20H26O5. The zero-order valence-corrected chi connectivity index (χ0v) is 15.0. The molecule has 3 aliphatic rings. The Morgan fingerprint density at radius 1 is 1.28 bits per heavy atom. The summed E-state index contributed by atoms with van der Waals surface area (Å²) < 4.78 is 0. The topological polar surface area (TPSA) is 91.7 Å². The van der Waals surface area contributed by atoms with Crippen molar-refractivity contribution in [2.75, 3.05) is 0 Å². The van der Waals surface area contributed by atoms with E-state index in [4.69, 9.17) is 0 Å². The number of ketones is 1. The molecule has 2 fully saturated rings. The van der Waals surface area contributed by atoms with Crippen molar-refractivity contribution in [1.82, 2.24) is 0 Å². The fraction of sp³-hybridized carbons (Fsp3) is 0.700. The van der Waals surface area contributed by atoms with E-state index in [9.17, 15) is 24.6 Å². The lowest BCUT2D eigenvalue weighted by molar-refractivity contribution is -0.187. The van der Waals surface area contributed by atoms with Gasteiger partial charge in [0, 0.05) is 23.3 Å². The maximum absolute atomic E-state index is 12.9. The monoisotopic (exact) mass is 346 g/mol.